The Kier molecular flexibility index (Phi) is 23.6. The van der Waals surface area contributed by atoms with E-state index in [1.165, 1.54) is 281 Å². The van der Waals surface area contributed by atoms with Gasteiger partial charge in [-0.2, -0.15) is 0 Å². The molecule has 0 N–H and O–H groups in total. The zero-order chi connectivity index (χ0) is 98.1. The topological polar surface area (TPSA) is 0 Å². The SMILES string of the molecule is CC(C)Cc1ccc(-c2c3ccccc3c(-c3ccccc3)c3ccc(-c4cccc(-c5cccc6c5sc5ccccc56)c4)cc23)cc1.CCC(C)c1ccc(-c2c3ccccc3c(-c3ccccc3)c3ccc(-c4cccc(-c5cccc6c5sc5ccccc56)c4)cc23)cc1.c1ccc(-c2c3ccccc3c(-c3cccc4ccccc34)c3cc(-c4cccc(-c5cccc6c5sc5ccccc56)c4)ccc23)cc1. The van der Waals surface area contributed by atoms with Gasteiger partial charge in [0, 0.05) is 60.5 Å². The van der Waals surface area contributed by atoms with Crippen molar-refractivity contribution in [1.82, 2.24) is 0 Å². The van der Waals surface area contributed by atoms with E-state index in [1.807, 2.05) is 34.0 Å². The second-order valence-corrected chi connectivity index (χ2v) is 42.8. The summed E-state index contributed by atoms with van der Waals surface area (Å²) in [5.41, 5.74) is 33.0. The molecule has 147 heavy (non-hydrogen) atoms. The van der Waals surface area contributed by atoms with E-state index in [4.69, 9.17) is 0 Å². The Labute approximate surface area is 869 Å². The Morgan fingerprint density at radius 3 is 0.782 bits per heavy atom. The van der Waals surface area contributed by atoms with Gasteiger partial charge in [-0.05, 0) is 299 Å². The number of fused-ring (bicyclic) bond motifs is 16. The molecule has 0 fully saturated rings. The first-order valence-electron chi connectivity index (χ1n) is 51.4. The quantitative estimate of drug-likeness (QED) is 0.0846. The van der Waals surface area contributed by atoms with Crippen molar-refractivity contribution in [1.29, 1.82) is 0 Å². The van der Waals surface area contributed by atoms with Crippen molar-refractivity contribution in [3.8, 4) is 134 Å². The summed E-state index contributed by atoms with van der Waals surface area (Å²) in [6, 6.07) is 189. The number of hydrogen-bond donors (Lipinski definition) is 0. The lowest BCUT2D eigenvalue weighted by molar-refractivity contribution is 0.647. The Morgan fingerprint density at radius 1 is 0.170 bits per heavy atom. The van der Waals surface area contributed by atoms with Crippen LogP contribution >= 0.6 is 34.0 Å². The maximum Gasteiger partial charge on any atom is 0.0433 e. The van der Waals surface area contributed by atoms with Crippen LogP contribution in [0.3, 0.4) is 0 Å². The second kappa shape index (κ2) is 38.6. The molecule has 0 amide bonds. The first kappa shape index (κ1) is 90.0. The summed E-state index contributed by atoms with van der Waals surface area (Å²) in [6.45, 7) is 9.16. The fraction of sp³-hybridized carbons (Fsp3) is 0.0556. The van der Waals surface area contributed by atoms with Gasteiger partial charge >= 0.3 is 0 Å². The molecule has 3 aromatic heterocycles. The first-order chi connectivity index (χ1) is 72.6. The molecular weight excluding hydrogens is 1830 g/mol. The number of benzene rings is 25. The minimum absolute atomic E-state index is 0.542. The summed E-state index contributed by atoms with van der Waals surface area (Å²) in [6.07, 6.45) is 2.22. The first-order valence-corrected chi connectivity index (χ1v) is 53.9. The van der Waals surface area contributed by atoms with Crippen LogP contribution in [0.4, 0.5) is 0 Å². The summed E-state index contributed by atoms with van der Waals surface area (Å²) in [4.78, 5) is 0. The van der Waals surface area contributed by atoms with Crippen LogP contribution in [0.25, 0.3) is 269 Å². The Morgan fingerprint density at radius 2 is 0.415 bits per heavy atom. The molecule has 0 nitrogen and oxygen atoms in total. The van der Waals surface area contributed by atoms with Gasteiger partial charge in [0.2, 0.25) is 0 Å². The highest BCUT2D eigenvalue weighted by molar-refractivity contribution is 7.27. The molecule has 0 radical (unpaired) electrons. The smallest absolute Gasteiger partial charge is 0.0433 e. The molecule has 696 valence electrons. The van der Waals surface area contributed by atoms with Crippen molar-refractivity contribution in [2.24, 2.45) is 5.92 Å². The summed E-state index contributed by atoms with van der Waals surface area (Å²) >= 11 is 5.67. The van der Waals surface area contributed by atoms with Crippen LogP contribution in [0.15, 0.2) is 510 Å². The molecule has 0 aliphatic carbocycles. The van der Waals surface area contributed by atoms with Crippen molar-refractivity contribution in [3.05, 3.63) is 521 Å². The van der Waals surface area contributed by atoms with E-state index >= 15 is 0 Å². The van der Waals surface area contributed by atoms with Crippen LogP contribution in [-0.2, 0) is 6.42 Å². The van der Waals surface area contributed by atoms with Gasteiger partial charge in [0.15, 0.2) is 0 Å². The normalized spacial score (nSPS) is 11.9. The van der Waals surface area contributed by atoms with E-state index < -0.39 is 0 Å². The number of hydrogen-bond acceptors (Lipinski definition) is 3. The molecule has 1 atom stereocenters. The predicted molar refractivity (Wildman–Crippen MR) is 643 cm³/mol. The lowest BCUT2D eigenvalue weighted by atomic mass is 9.83. The van der Waals surface area contributed by atoms with Gasteiger partial charge in [-0.25, -0.2) is 0 Å². The monoisotopic (exact) mass is 1930 g/mol. The molecule has 0 saturated heterocycles. The molecule has 0 spiro atoms. The van der Waals surface area contributed by atoms with E-state index in [1.54, 1.807) is 0 Å². The van der Waals surface area contributed by atoms with Crippen molar-refractivity contribution >= 4 is 170 Å². The average molecular weight is 1930 g/mol. The van der Waals surface area contributed by atoms with Crippen molar-refractivity contribution < 1.29 is 0 Å². The van der Waals surface area contributed by atoms with Gasteiger partial charge in [-0.3, -0.25) is 0 Å². The minimum atomic E-state index is 0.542. The third-order valence-electron chi connectivity index (χ3n) is 30.3. The standard InChI is InChI=1S/C48H30S.2C48H36S/c1-2-14-32(15-3-1)46-40-21-6-7-22-41(40)47(39-24-11-16-31-13-4-5-19-36(31)39)44-30-34(27-28-42(44)46)33-17-10-18-35(29-33)37-23-12-25-43-38-20-8-9-26-45(38)49-48(37)43;1-31(2)28-32-22-24-34(25-23-32)47-41-18-7-6-17-40(41)46(33-12-4-3-5-13-33)42-27-26-36(30-44(42)47)35-14-10-15-37(29-35)38-19-11-20-43-39-16-8-9-21-45(39)49-48(38)43;1-3-31(2)32-23-25-34(26-24-32)47-41-19-8-7-18-40(41)46(33-13-5-4-6-14-33)42-28-27-36(30-44(42)47)35-15-11-16-37(29-35)38-20-12-21-43-39-17-9-10-22-45(39)49-48(38)43/h1-30H;3-27,29-31H,28H2,1-2H3;4-31H,3H2,1-2H3. The van der Waals surface area contributed by atoms with Gasteiger partial charge in [-0.1, -0.05) is 483 Å². The van der Waals surface area contributed by atoms with E-state index in [2.05, 4.69) is 537 Å². The van der Waals surface area contributed by atoms with Crippen LogP contribution in [0.1, 0.15) is 51.2 Å². The zero-order valence-electron chi connectivity index (χ0n) is 82.3. The van der Waals surface area contributed by atoms with E-state index in [9.17, 15) is 0 Å². The molecule has 3 heteroatoms. The Bertz CT molecular complexity index is 9960. The molecular formula is C144H102S3. The van der Waals surface area contributed by atoms with Crippen LogP contribution in [0, 0.1) is 5.92 Å². The fourth-order valence-corrected chi connectivity index (χ4v) is 26.9. The molecule has 25 aromatic carbocycles. The van der Waals surface area contributed by atoms with Crippen molar-refractivity contribution in [2.45, 2.75) is 46.5 Å². The second-order valence-electron chi connectivity index (χ2n) is 39.6. The highest BCUT2D eigenvalue weighted by Gasteiger charge is 2.26. The molecule has 1 unspecified atom stereocenters. The van der Waals surface area contributed by atoms with Crippen molar-refractivity contribution in [3.63, 3.8) is 0 Å². The van der Waals surface area contributed by atoms with Crippen molar-refractivity contribution in [2.75, 3.05) is 0 Å². The Balaban J connectivity index is 0.000000112. The molecule has 0 aliphatic rings. The van der Waals surface area contributed by atoms with E-state index in [0.717, 1.165) is 12.8 Å². The van der Waals surface area contributed by atoms with Gasteiger partial charge in [-0.15, -0.1) is 34.0 Å². The predicted octanol–water partition coefficient (Wildman–Crippen LogP) is 43.0. The largest absolute Gasteiger partial charge is 0.135 e. The third-order valence-corrected chi connectivity index (χ3v) is 34.0. The third kappa shape index (κ3) is 16.5. The molecule has 0 bridgehead atoms. The van der Waals surface area contributed by atoms with Gasteiger partial charge in [0.05, 0.1) is 0 Å². The maximum atomic E-state index is 2.44. The molecule has 0 saturated carbocycles. The molecule has 28 aromatic rings. The highest BCUT2D eigenvalue weighted by Crippen LogP contribution is 2.53. The lowest BCUT2D eigenvalue weighted by Gasteiger charge is -2.20. The highest BCUT2D eigenvalue weighted by atomic mass is 32.1. The zero-order valence-corrected chi connectivity index (χ0v) is 84.7. The lowest BCUT2D eigenvalue weighted by Crippen LogP contribution is -1.94. The number of thiophene rings is 3. The van der Waals surface area contributed by atoms with E-state index in [-0.39, 0.29) is 0 Å². The van der Waals surface area contributed by atoms with Gasteiger partial charge in [0.1, 0.15) is 0 Å². The van der Waals surface area contributed by atoms with Crippen LogP contribution in [-0.4, -0.2) is 0 Å². The summed E-state index contributed by atoms with van der Waals surface area (Å²) in [7, 11) is 0. The Hall–Kier alpha value is -17.0. The number of rotatable bonds is 16. The van der Waals surface area contributed by atoms with Crippen LogP contribution in [0.5, 0.6) is 0 Å². The summed E-state index contributed by atoms with van der Waals surface area (Å²) in [5, 5.41) is 25.9. The summed E-state index contributed by atoms with van der Waals surface area (Å²) < 4.78 is 8.04. The van der Waals surface area contributed by atoms with Crippen LogP contribution < -0.4 is 0 Å². The average Bonchev–Trinajstić information content (AvgIpc) is 1.61. The minimum Gasteiger partial charge on any atom is -0.135 e. The van der Waals surface area contributed by atoms with Crippen LogP contribution in [0.2, 0.25) is 0 Å². The molecule has 0 aliphatic heterocycles. The van der Waals surface area contributed by atoms with Gasteiger partial charge in [0.25, 0.3) is 0 Å². The molecule has 28 rings (SSSR count). The van der Waals surface area contributed by atoms with E-state index in [0.29, 0.717) is 11.8 Å². The maximum absolute atomic E-state index is 2.44. The fourth-order valence-electron chi connectivity index (χ4n) is 23.2. The van der Waals surface area contributed by atoms with Gasteiger partial charge < -0.3 is 0 Å². The summed E-state index contributed by atoms with van der Waals surface area (Å²) in [5.74, 6) is 1.17. The molecule has 3 heterocycles.